The van der Waals surface area contributed by atoms with Crippen LogP contribution in [0, 0.1) is 63.2 Å². The van der Waals surface area contributed by atoms with Crippen LogP contribution in [-0.2, 0) is 0 Å². The second-order valence-electron chi connectivity index (χ2n) is 3.32. The van der Waals surface area contributed by atoms with E-state index in [9.17, 15) is 0 Å². The van der Waals surface area contributed by atoms with Gasteiger partial charge in [0.05, 0.1) is 0 Å². The summed E-state index contributed by atoms with van der Waals surface area (Å²) >= 11 is 0. The summed E-state index contributed by atoms with van der Waals surface area (Å²) in [5.41, 5.74) is 6.03. The number of nitrogens with two attached hydrogens (primary N) is 1. The maximum atomic E-state index is 6.03. The Morgan fingerprint density at radius 3 is 2.08 bits per heavy atom. The average Bonchev–Trinajstić information content (AvgIpc) is 2.74. The Balaban J connectivity index is 1.73. The Bertz CT molecular complexity index is 143. The third-order valence-electron chi connectivity index (χ3n) is 2.30. The van der Waals surface area contributed by atoms with Crippen LogP contribution < -0.4 is 5.73 Å². The van der Waals surface area contributed by atoms with Gasteiger partial charge in [-0.15, -0.1) is 0 Å². The second kappa shape index (κ2) is 4.45. The van der Waals surface area contributed by atoms with Crippen molar-refractivity contribution in [3.8, 4) is 0 Å². The van der Waals surface area contributed by atoms with E-state index >= 15 is 0 Å². The van der Waals surface area contributed by atoms with Gasteiger partial charge in [-0.3, -0.25) is 0 Å². The maximum Gasteiger partial charge on any atom is 0.0113 e. The van der Waals surface area contributed by atoms with Gasteiger partial charge in [-0.05, 0) is 69.6 Å². The molecule has 2 fully saturated rings. The van der Waals surface area contributed by atoms with E-state index in [1.165, 1.54) is 11.8 Å². The molecule has 0 aliphatic heterocycles. The Morgan fingerprint density at radius 1 is 0.923 bits per heavy atom. The van der Waals surface area contributed by atoms with Gasteiger partial charge < -0.3 is 5.73 Å². The highest BCUT2D eigenvalue weighted by Gasteiger charge is 2.27. The van der Waals surface area contributed by atoms with Gasteiger partial charge in [0.1, 0.15) is 0 Å². The fourth-order valence-electron chi connectivity index (χ4n) is 1.56. The van der Waals surface area contributed by atoms with E-state index in [4.69, 9.17) is 5.73 Å². The molecule has 2 N–H and O–H groups in total. The molecule has 0 heterocycles. The van der Waals surface area contributed by atoms with Crippen LogP contribution in [0.3, 0.4) is 0 Å². The molecule has 1 unspecified atom stereocenters. The average molecular weight is 171 g/mol. The molecule has 2 aliphatic rings. The molecule has 2 saturated carbocycles. The quantitative estimate of drug-likeness (QED) is 0.684. The lowest BCUT2D eigenvalue weighted by Gasteiger charge is -2.20. The van der Waals surface area contributed by atoms with Gasteiger partial charge in [0.25, 0.3) is 0 Å². The van der Waals surface area contributed by atoms with E-state index in [1.54, 1.807) is 0 Å². The fourth-order valence-corrected chi connectivity index (χ4v) is 1.56. The molecule has 10 radical (unpaired) electrons. The first kappa shape index (κ1) is 9.51. The van der Waals surface area contributed by atoms with Gasteiger partial charge in [0.2, 0.25) is 0 Å². The summed E-state index contributed by atoms with van der Waals surface area (Å²) < 4.78 is 0. The molecule has 0 amide bonds. The molecule has 0 aromatic carbocycles. The van der Waals surface area contributed by atoms with Crippen LogP contribution in [0.15, 0.2) is 0 Å². The van der Waals surface area contributed by atoms with Crippen LogP contribution in [0.1, 0.15) is 6.42 Å². The van der Waals surface area contributed by atoms with Crippen molar-refractivity contribution in [3.05, 3.63) is 63.2 Å². The molecule has 1 atom stereocenters. The van der Waals surface area contributed by atoms with Crippen LogP contribution in [0.25, 0.3) is 0 Å². The van der Waals surface area contributed by atoms with E-state index in [1.807, 2.05) is 25.7 Å². The number of rotatable bonds is 3. The monoisotopic (exact) mass is 171 g/mol. The van der Waals surface area contributed by atoms with E-state index in [0.29, 0.717) is 0 Å². The van der Waals surface area contributed by atoms with Crippen LogP contribution >= 0.6 is 0 Å². The Kier molecular flexibility index (Phi) is 3.26. The highest BCUT2D eigenvalue weighted by atomic mass is 14.7. The first-order chi connectivity index (χ1) is 6.36. The normalized spacial score (nSPS) is 28.4. The summed E-state index contributed by atoms with van der Waals surface area (Å²) in [7, 11) is 0. The minimum atomic E-state index is 0.136. The molecule has 2 aliphatic carbocycles. The van der Waals surface area contributed by atoms with E-state index in [0.717, 1.165) is 6.42 Å². The van der Waals surface area contributed by atoms with Crippen LogP contribution in [0.2, 0.25) is 0 Å². The lowest BCUT2D eigenvalue weighted by atomic mass is 9.89. The van der Waals surface area contributed by atoms with Crippen molar-refractivity contribution in [3.63, 3.8) is 0 Å². The summed E-state index contributed by atoms with van der Waals surface area (Å²) in [5, 5.41) is 0. The Morgan fingerprint density at radius 2 is 1.46 bits per heavy atom. The summed E-state index contributed by atoms with van der Waals surface area (Å²) in [6.45, 7) is 0. The molecule has 66 valence electrons. The van der Waals surface area contributed by atoms with Gasteiger partial charge in [-0.25, -0.2) is 0 Å². The number of hydrogen-bond acceptors (Lipinski definition) is 1. The predicted octanol–water partition coefficient (Wildman–Crippen LogP) is 1.51. The van der Waals surface area contributed by atoms with Gasteiger partial charge in [0, 0.05) is 6.04 Å². The standard InChI is InChI=1S/C12H13N/c13-12(11-7-3-4-8-11)9-10-5-1-2-6-10/h1-8,12H,9,13H2. The lowest BCUT2D eigenvalue weighted by molar-refractivity contribution is 0.686. The van der Waals surface area contributed by atoms with E-state index < -0.39 is 0 Å². The minimum absolute atomic E-state index is 0.136. The van der Waals surface area contributed by atoms with Crippen molar-refractivity contribution in [1.29, 1.82) is 0 Å². The highest BCUT2D eigenvalue weighted by Crippen LogP contribution is 2.33. The zero-order valence-corrected chi connectivity index (χ0v) is 7.48. The Labute approximate surface area is 82.1 Å². The molecule has 0 bridgehead atoms. The summed E-state index contributed by atoms with van der Waals surface area (Å²) in [5.74, 6) is 2.54. The SMILES string of the molecule is NC(C[C]1[CH][CH][CH][CH]1)[C]1[CH][CH][CH][CH]1. The predicted molar refractivity (Wildman–Crippen MR) is 53.5 cm³/mol. The van der Waals surface area contributed by atoms with Crippen molar-refractivity contribution in [1.82, 2.24) is 0 Å². The van der Waals surface area contributed by atoms with Crippen LogP contribution in [0.4, 0.5) is 0 Å². The van der Waals surface area contributed by atoms with Gasteiger partial charge in [-0.2, -0.15) is 0 Å². The van der Waals surface area contributed by atoms with Crippen LogP contribution in [0.5, 0.6) is 0 Å². The van der Waals surface area contributed by atoms with Gasteiger partial charge in [0.15, 0.2) is 0 Å². The van der Waals surface area contributed by atoms with Crippen molar-refractivity contribution in [2.24, 2.45) is 5.73 Å². The smallest absolute Gasteiger partial charge is 0.0113 e. The molecule has 0 aromatic heterocycles. The molecular weight excluding hydrogens is 158 g/mol. The largest absolute Gasteiger partial charge is 0.327 e. The van der Waals surface area contributed by atoms with Crippen molar-refractivity contribution >= 4 is 0 Å². The topological polar surface area (TPSA) is 26.0 Å². The molecular formula is C12H13N. The van der Waals surface area contributed by atoms with Crippen molar-refractivity contribution in [2.75, 3.05) is 0 Å². The summed E-state index contributed by atoms with van der Waals surface area (Å²) in [6.07, 6.45) is 17.5. The molecule has 0 saturated heterocycles. The van der Waals surface area contributed by atoms with Crippen molar-refractivity contribution < 1.29 is 0 Å². The van der Waals surface area contributed by atoms with Crippen molar-refractivity contribution in [2.45, 2.75) is 12.5 Å². The van der Waals surface area contributed by atoms with Gasteiger partial charge in [-0.1, -0.05) is 0 Å². The van der Waals surface area contributed by atoms with Crippen LogP contribution in [-0.4, -0.2) is 6.04 Å². The fraction of sp³-hybridized carbons (Fsp3) is 0.167. The van der Waals surface area contributed by atoms with E-state index in [2.05, 4.69) is 25.7 Å². The minimum Gasteiger partial charge on any atom is -0.327 e. The third kappa shape index (κ3) is 2.46. The highest BCUT2D eigenvalue weighted by molar-refractivity contribution is 5.41. The van der Waals surface area contributed by atoms with Gasteiger partial charge >= 0.3 is 0 Å². The number of hydrogen-bond donors (Lipinski definition) is 1. The molecule has 1 heteroatoms. The summed E-state index contributed by atoms with van der Waals surface area (Å²) in [4.78, 5) is 0. The Hall–Kier alpha value is -0.0400. The third-order valence-corrected chi connectivity index (χ3v) is 2.30. The first-order valence-electron chi connectivity index (χ1n) is 4.54. The molecule has 0 spiro atoms. The zero-order chi connectivity index (χ0) is 9.10. The summed E-state index contributed by atoms with van der Waals surface area (Å²) in [6, 6.07) is 0.136. The first-order valence-corrected chi connectivity index (χ1v) is 4.54. The molecule has 0 aromatic rings. The lowest BCUT2D eigenvalue weighted by Crippen LogP contribution is -2.29. The van der Waals surface area contributed by atoms with E-state index in [-0.39, 0.29) is 6.04 Å². The molecule has 13 heavy (non-hydrogen) atoms. The second-order valence-corrected chi connectivity index (χ2v) is 3.32. The molecule has 2 rings (SSSR count). The zero-order valence-electron chi connectivity index (χ0n) is 7.48. The molecule has 1 nitrogen and oxygen atoms in total. The maximum absolute atomic E-state index is 6.03.